The molecule has 0 unspecified atom stereocenters. The van der Waals surface area contributed by atoms with Gasteiger partial charge in [-0.2, -0.15) is 0 Å². The Balaban J connectivity index is 0. The summed E-state index contributed by atoms with van der Waals surface area (Å²) in [6.07, 6.45) is 0. The Labute approximate surface area is 39.7 Å². The Hall–Kier alpha value is -0.510. The molecule has 0 bridgehead atoms. The van der Waals surface area contributed by atoms with Crippen molar-refractivity contribution in [1.29, 1.82) is 0 Å². The van der Waals surface area contributed by atoms with Crippen molar-refractivity contribution in [2.45, 2.75) is 0 Å². The third-order valence-corrected chi connectivity index (χ3v) is 0.200. The van der Waals surface area contributed by atoms with E-state index in [9.17, 15) is 0 Å². The first-order valence-electron chi connectivity index (χ1n) is 1.02. The minimum Gasteiger partial charge on any atom is -0.307 e. The molecular formula is CH3O5P. The van der Waals surface area contributed by atoms with Crippen LogP contribution in [-0.2, 0) is 18.6 Å². The van der Waals surface area contributed by atoms with E-state index in [1.807, 2.05) is 6.79 Å². The van der Waals surface area contributed by atoms with Gasteiger partial charge in [0.15, 0.2) is 0 Å². The van der Waals surface area contributed by atoms with E-state index >= 15 is 0 Å². The molecule has 0 heterocycles. The summed E-state index contributed by atoms with van der Waals surface area (Å²) in [5, 5.41) is 7.05. The first-order chi connectivity index (χ1) is 3.27. The third-order valence-electron chi connectivity index (χ3n) is 0.0667. The summed E-state index contributed by atoms with van der Waals surface area (Å²) in [7, 11) is -3.04. The van der Waals surface area contributed by atoms with Crippen LogP contribution >= 0.6 is 7.91 Å². The predicted molar refractivity (Wildman–Crippen MR) is 19.1 cm³/mol. The monoisotopic (exact) mass is 126 g/mol. The van der Waals surface area contributed by atoms with Gasteiger partial charge in [-0.25, -0.2) is 14.4 Å². The smallest absolute Gasteiger partial charge is 0.307 e. The van der Waals surface area contributed by atoms with Crippen LogP contribution in [0.1, 0.15) is 0 Å². The fraction of sp³-hybridized carbons (Fsp3) is 0. The molecule has 0 saturated carbocycles. The molecule has 7 heavy (non-hydrogen) atoms. The van der Waals surface area contributed by atoms with E-state index in [-0.39, 0.29) is 0 Å². The standard InChI is InChI=1S/CH2O.HO4P/c1-2;1-4-5(2)3/h1H2;1H. The van der Waals surface area contributed by atoms with Gasteiger partial charge in [0.2, 0.25) is 0 Å². The molecule has 0 aromatic carbocycles. The molecular weight excluding hydrogens is 123 g/mol. The van der Waals surface area contributed by atoms with Gasteiger partial charge >= 0.3 is 7.91 Å². The van der Waals surface area contributed by atoms with Crippen molar-refractivity contribution in [3.8, 4) is 0 Å². The molecule has 0 aromatic heterocycles. The summed E-state index contributed by atoms with van der Waals surface area (Å²) in [5.41, 5.74) is 0. The fourth-order valence-electron chi connectivity index (χ4n) is 0. The van der Waals surface area contributed by atoms with Crippen LogP contribution in [0.3, 0.4) is 0 Å². The van der Waals surface area contributed by atoms with Gasteiger partial charge in [-0.05, 0) is 0 Å². The molecule has 0 atom stereocenters. The summed E-state index contributed by atoms with van der Waals surface area (Å²) in [6.45, 7) is 2.00. The average molecular weight is 126 g/mol. The van der Waals surface area contributed by atoms with Crippen molar-refractivity contribution < 1.29 is 23.9 Å². The van der Waals surface area contributed by atoms with Gasteiger partial charge in [-0.15, -0.1) is 4.67 Å². The molecule has 0 fully saturated rings. The summed E-state index contributed by atoms with van der Waals surface area (Å²) in [5.74, 6) is 0. The third kappa shape index (κ3) is 30.1. The van der Waals surface area contributed by atoms with E-state index in [4.69, 9.17) is 19.2 Å². The van der Waals surface area contributed by atoms with Crippen molar-refractivity contribution in [3.63, 3.8) is 0 Å². The number of carbonyl (C=O) groups is 1. The SMILES string of the molecule is C=O.O=P(=O)OO. The van der Waals surface area contributed by atoms with E-state index in [1.54, 1.807) is 0 Å². The Morgan fingerprint density at radius 2 is 1.57 bits per heavy atom. The van der Waals surface area contributed by atoms with Crippen molar-refractivity contribution in [3.05, 3.63) is 0 Å². The highest BCUT2D eigenvalue weighted by atomic mass is 31.1. The lowest BCUT2D eigenvalue weighted by molar-refractivity contribution is -0.132. The van der Waals surface area contributed by atoms with E-state index < -0.39 is 7.91 Å². The lowest BCUT2D eigenvalue weighted by Gasteiger charge is -1.59. The molecule has 0 amide bonds. The van der Waals surface area contributed by atoms with Crippen molar-refractivity contribution >= 4 is 14.7 Å². The van der Waals surface area contributed by atoms with Crippen LogP contribution in [0.15, 0.2) is 0 Å². The largest absolute Gasteiger partial charge is 0.496 e. The van der Waals surface area contributed by atoms with Gasteiger partial charge < -0.3 is 4.79 Å². The second-order valence-electron chi connectivity index (χ2n) is 0.305. The maximum atomic E-state index is 8.93. The zero-order valence-corrected chi connectivity index (χ0v) is 4.13. The average Bonchev–Trinajstić information content (AvgIpc) is 1.73. The van der Waals surface area contributed by atoms with E-state index in [0.717, 1.165) is 0 Å². The molecule has 0 spiro atoms. The molecule has 0 aliphatic heterocycles. The van der Waals surface area contributed by atoms with E-state index in [0.29, 0.717) is 0 Å². The highest BCUT2D eigenvalue weighted by molar-refractivity contribution is 7.24. The second-order valence-corrected chi connectivity index (χ2v) is 0.916. The van der Waals surface area contributed by atoms with Crippen LogP contribution in [0.5, 0.6) is 0 Å². The van der Waals surface area contributed by atoms with Crippen LogP contribution < -0.4 is 0 Å². The quantitative estimate of drug-likeness (QED) is 0.312. The zero-order valence-electron chi connectivity index (χ0n) is 3.23. The van der Waals surface area contributed by atoms with Crippen molar-refractivity contribution in [2.75, 3.05) is 0 Å². The second kappa shape index (κ2) is 9.09. The molecule has 0 aliphatic carbocycles. The van der Waals surface area contributed by atoms with Crippen molar-refractivity contribution in [2.24, 2.45) is 0 Å². The first-order valence-corrected chi connectivity index (χ1v) is 2.11. The molecule has 6 heteroatoms. The highest BCUT2D eigenvalue weighted by Crippen LogP contribution is 1.97. The minimum atomic E-state index is -3.04. The molecule has 0 aliphatic rings. The molecule has 0 saturated heterocycles. The van der Waals surface area contributed by atoms with Crippen LogP contribution in [0.4, 0.5) is 0 Å². The molecule has 42 valence electrons. The fourth-order valence-corrected chi connectivity index (χ4v) is 0. The lowest BCUT2D eigenvalue weighted by Crippen LogP contribution is -1.50. The Kier molecular flexibility index (Phi) is 12.6. The van der Waals surface area contributed by atoms with Crippen LogP contribution in [0.2, 0.25) is 0 Å². The molecule has 0 aromatic rings. The van der Waals surface area contributed by atoms with Gasteiger partial charge in [-0.1, -0.05) is 0 Å². The van der Waals surface area contributed by atoms with Crippen LogP contribution in [0.25, 0.3) is 0 Å². The van der Waals surface area contributed by atoms with Gasteiger partial charge in [-0.3, -0.25) is 0 Å². The Bertz CT molecular complexity index is 76.1. The maximum absolute atomic E-state index is 8.93. The van der Waals surface area contributed by atoms with Gasteiger partial charge in [0.1, 0.15) is 6.79 Å². The van der Waals surface area contributed by atoms with E-state index in [1.165, 1.54) is 0 Å². The van der Waals surface area contributed by atoms with Gasteiger partial charge in [0.05, 0.1) is 0 Å². The summed E-state index contributed by atoms with van der Waals surface area (Å²) < 4.78 is 20.6. The topological polar surface area (TPSA) is 80.7 Å². The number of hydrogen-bond acceptors (Lipinski definition) is 5. The first kappa shape index (κ1) is 9.70. The van der Waals surface area contributed by atoms with Crippen molar-refractivity contribution in [1.82, 2.24) is 0 Å². The van der Waals surface area contributed by atoms with Gasteiger partial charge in [0, 0.05) is 0 Å². The van der Waals surface area contributed by atoms with Gasteiger partial charge in [0.25, 0.3) is 0 Å². The minimum absolute atomic E-state index is 2.00. The molecule has 5 nitrogen and oxygen atoms in total. The molecule has 1 N–H and O–H groups in total. The number of hydrogen-bond donors (Lipinski definition) is 1. The lowest BCUT2D eigenvalue weighted by atomic mass is 11.9. The molecule has 0 radical (unpaired) electrons. The molecule has 0 rings (SSSR count). The normalized spacial score (nSPS) is 5.86. The van der Waals surface area contributed by atoms with Crippen LogP contribution in [-0.4, -0.2) is 12.0 Å². The summed E-state index contributed by atoms with van der Waals surface area (Å²) in [6, 6.07) is 0. The summed E-state index contributed by atoms with van der Waals surface area (Å²) in [4.78, 5) is 8.00. The number of carbonyl (C=O) groups excluding carboxylic acids is 1. The van der Waals surface area contributed by atoms with E-state index in [2.05, 4.69) is 4.67 Å². The van der Waals surface area contributed by atoms with Crippen LogP contribution in [0, 0.1) is 0 Å². The zero-order chi connectivity index (χ0) is 6.28. The highest BCUT2D eigenvalue weighted by Gasteiger charge is 1.75. The predicted octanol–water partition coefficient (Wildman–Crippen LogP) is 0.379. The summed E-state index contributed by atoms with van der Waals surface area (Å²) >= 11 is 0. The number of rotatable bonds is 1. The Morgan fingerprint density at radius 1 is 1.43 bits per heavy atom. The maximum Gasteiger partial charge on any atom is 0.496 e. The Morgan fingerprint density at radius 3 is 1.57 bits per heavy atom.